The normalized spacial score (nSPS) is 32.1. The molecule has 1 aromatic rings. The van der Waals surface area contributed by atoms with Gasteiger partial charge in [0.15, 0.2) is 0 Å². The van der Waals surface area contributed by atoms with E-state index in [2.05, 4.69) is 24.3 Å². The summed E-state index contributed by atoms with van der Waals surface area (Å²) in [4.78, 5) is 0. The third-order valence-electron chi connectivity index (χ3n) is 4.55. The van der Waals surface area contributed by atoms with Crippen LogP contribution in [-0.4, -0.2) is 19.7 Å². The first-order valence-electron chi connectivity index (χ1n) is 7.75. The Bertz CT molecular complexity index is 400. The highest BCUT2D eigenvalue weighted by molar-refractivity contribution is 5.18. The van der Waals surface area contributed by atoms with Gasteiger partial charge in [0.25, 0.3) is 6.48 Å². The summed E-state index contributed by atoms with van der Waals surface area (Å²) in [6.07, 6.45) is 7.88. The second kappa shape index (κ2) is 6.70. The van der Waals surface area contributed by atoms with E-state index in [9.17, 15) is 0 Å². The first-order chi connectivity index (χ1) is 9.86. The highest BCUT2D eigenvalue weighted by atomic mass is 16.9. The van der Waals surface area contributed by atoms with Crippen molar-refractivity contribution in [1.82, 2.24) is 0 Å². The van der Waals surface area contributed by atoms with Gasteiger partial charge in [0, 0.05) is 13.5 Å². The van der Waals surface area contributed by atoms with Gasteiger partial charge in [-0.2, -0.15) is 0 Å². The van der Waals surface area contributed by atoms with E-state index in [0.717, 1.165) is 6.42 Å². The van der Waals surface area contributed by atoms with Crippen LogP contribution < -0.4 is 0 Å². The van der Waals surface area contributed by atoms with E-state index in [4.69, 9.17) is 14.2 Å². The van der Waals surface area contributed by atoms with Crippen LogP contribution >= 0.6 is 0 Å². The molecule has 2 fully saturated rings. The Morgan fingerprint density at radius 2 is 1.75 bits per heavy atom. The number of methoxy groups -OCH3 is 1. The number of hydrogen-bond acceptors (Lipinski definition) is 3. The molecule has 2 aliphatic rings. The number of hydrogen-bond donors (Lipinski definition) is 0. The Balaban J connectivity index is 1.72. The van der Waals surface area contributed by atoms with Crippen molar-refractivity contribution in [2.45, 2.75) is 57.2 Å². The summed E-state index contributed by atoms with van der Waals surface area (Å²) in [7, 11) is 1.65. The smallest absolute Gasteiger partial charge is 0.272 e. The predicted octanol–water partition coefficient (Wildman–Crippen LogP) is 4.04. The van der Waals surface area contributed by atoms with Crippen molar-refractivity contribution in [3.05, 3.63) is 35.9 Å². The van der Waals surface area contributed by atoms with Gasteiger partial charge in [0.1, 0.15) is 0 Å². The van der Waals surface area contributed by atoms with Crippen LogP contribution in [-0.2, 0) is 14.2 Å². The monoisotopic (exact) mass is 276 g/mol. The van der Waals surface area contributed by atoms with Crippen molar-refractivity contribution in [2.24, 2.45) is 5.92 Å². The Morgan fingerprint density at radius 3 is 2.45 bits per heavy atom. The molecule has 1 saturated heterocycles. The molecule has 1 saturated carbocycles. The van der Waals surface area contributed by atoms with Gasteiger partial charge in [-0.15, -0.1) is 0 Å². The lowest BCUT2D eigenvalue weighted by Gasteiger charge is -2.39. The first kappa shape index (κ1) is 14.1. The van der Waals surface area contributed by atoms with Crippen LogP contribution in [0, 0.1) is 5.92 Å². The minimum atomic E-state index is -0.527. The summed E-state index contributed by atoms with van der Waals surface area (Å²) in [6.45, 7) is -0.527. The molecule has 3 rings (SSSR count). The first-order valence-corrected chi connectivity index (χ1v) is 7.75. The minimum absolute atomic E-state index is 0.0850. The predicted molar refractivity (Wildman–Crippen MR) is 77.1 cm³/mol. The maximum atomic E-state index is 5.98. The van der Waals surface area contributed by atoms with E-state index in [0.29, 0.717) is 5.92 Å². The van der Waals surface area contributed by atoms with E-state index in [1.165, 1.54) is 37.7 Å². The molecule has 1 aliphatic heterocycles. The molecule has 0 N–H and O–H groups in total. The van der Waals surface area contributed by atoms with Crippen molar-refractivity contribution in [2.75, 3.05) is 7.11 Å². The molecule has 0 amide bonds. The molecular weight excluding hydrogens is 252 g/mol. The summed E-state index contributed by atoms with van der Waals surface area (Å²) in [5.41, 5.74) is 1.22. The minimum Gasteiger partial charge on any atom is -0.333 e. The molecule has 1 aliphatic carbocycles. The van der Waals surface area contributed by atoms with Gasteiger partial charge in [-0.3, -0.25) is 0 Å². The fourth-order valence-electron chi connectivity index (χ4n) is 3.43. The van der Waals surface area contributed by atoms with Gasteiger partial charge in [-0.25, -0.2) is 0 Å². The highest BCUT2D eigenvalue weighted by Gasteiger charge is 2.35. The van der Waals surface area contributed by atoms with Gasteiger partial charge in [-0.1, -0.05) is 49.6 Å². The molecule has 0 aromatic heterocycles. The van der Waals surface area contributed by atoms with Crippen LogP contribution in [0.25, 0.3) is 0 Å². The molecule has 1 unspecified atom stereocenters. The molecule has 0 radical (unpaired) electrons. The zero-order valence-corrected chi connectivity index (χ0v) is 12.2. The zero-order valence-electron chi connectivity index (χ0n) is 12.2. The van der Waals surface area contributed by atoms with Crippen LogP contribution in [0.2, 0.25) is 0 Å². The summed E-state index contributed by atoms with van der Waals surface area (Å²) in [6, 6.07) is 10.4. The Hall–Kier alpha value is -0.900. The molecule has 0 bridgehead atoms. The SMILES string of the molecule is COC1O[C@H](c2ccccc2)C[C@H](C2CCCCC2)O1. The molecule has 1 aromatic carbocycles. The van der Waals surface area contributed by atoms with Gasteiger partial charge in [-0.05, 0) is 24.3 Å². The van der Waals surface area contributed by atoms with E-state index in [-0.39, 0.29) is 12.2 Å². The number of benzene rings is 1. The third kappa shape index (κ3) is 3.22. The standard InChI is InChI=1S/C17H24O3/c1-18-17-19-15(13-8-4-2-5-9-13)12-16(20-17)14-10-6-3-7-11-14/h2,4-5,8-9,14-17H,3,6-7,10-12H2,1H3/t15-,16+,17?/m0/s1. The second-order valence-corrected chi connectivity index (χ2v) is 5.87. The lowest BCUT2D eigenvalue weighted by atomic mass is 9.82. The van der Waals surface area contributed by atoms with Gasteiger partial charge in [0.05, 0.1) is 12.2 Å². The molecule has 1 heterocycles. The van der Waals surface area contributed by atoms with Crippen LogP contribution in [0.1, 0.15) is 50.2 Å². The zero-order chi connectivity index (χ0) is 13.8. The van der Waals surface area contributed by atoms with Crippen molar-refractivity contribution < 1.29 is 14.2 Å². The molecule has 20 heavy (non-hydrogen) atoms. The lowest BCUT2D eigenvalue weighted by Crippen LogP contribution is -2.40. The highest BCUT2D eigenvalue weighted by Crippen LogP contribution is 2.38. The van der Waals surface area contributed by atoms with E-state index >= 15 is 0 Å². The van der Waals surface area contributed by atoms with Crippen LogP contribution in [0.5, 0.6) is 0 Å². The summed E-state index contributed by atoms with van der Waals surface area (Å²) in [5, 5.41) is 0. The van der Waals surface area contributed by atoms with Gasteiger partial charge in [0.2, 0.25) is 0 Å². The Labute approximate surface area is 121 Å². The number of ether oxygens (including phenoxy) is 3. The average molecular weight is 276 g/mol. The molecule has 3 heteroatoms. The second-order valence-electron chi connectivity index (χ2n) is 5.87. The quantitative estimate of drug-likeness (QED) is 0.833. The van der Waals surface area contributed by atoms with E-state index in [1.54, 1.807) is 7.11 Å². The van der Waals surface area contributed by atoms with Crippen molar-refractivity contribution >= 4 is 0 Å². The van der Waals surface area contributed by atoms with Crippen LogP contribution in [0.4, 0.5) is 0 Å². The summed E-state index contributed by atoms with van der Waals surface area (Å²) < 4.78 is 17.2. The van der Waals surface area contributed by atoms with E-state index in [1.807, 2.05) is 6.07 Å². The molecule has 3 atom stereocenters. The third-order valence-corrected chi connectivity index (χ3v) is 4.55. The maximum Gasteiger partial charge on any atom is 0.272 e. The van der Waals surface area contributed by atoms with Gasteiger partial charge < -0.3 is 14.2 Å². The summed E-state index contributed by atoms with van der Waals surface area (Å²) >= 11 is 0. The molecule has 110 valence electrons. The summed E-state index contributed by atoms with van der Waals surface area (Å²) in [5.74, 6) is 0.663. The van der Waals surface area contributed by atoms with Crippen molar-refractivity contribution in [3.8, 4) is 0 Å². The van der Waals surface area contributed by atoms with Gasteiger partial charge >= 0.3 is 0 Å². The molecule has 3 nitrogen and oxygen atoms in total. The lowest BCUT2D eigenvalue weighted by molar-refractivity contribution is -0.352. The Morgan fingerprint density at radius 1 is 1.00 bits per heavy atom. The van der Waals surface area contributed by atoms with Crippen molar-refractivity contribution in [1.29, 1.82) is 0 Å². The van der Waals surface area contributed by atoms with Crippen molar-refractivity contribution in [3.63, 3.8) is 0 Å². The maximum absolute atomic E-state index is 5.98. The fourth-order valence-corrected chi connectivity index (χ4v) is 3.43. The molecular formula is C17H24O3. The topological polar surface area (TPSA) is 27.7 Å². The average Bonchev–Trinajstić information content (AvgIpc) is 2.56. The Kier molecular flexibility index (Phi) is 4.71. The largest absolute Gasteiger partial charge is 0.333 e. The van der Waals surface area contributed by atoms with E-state index < -0.39 is 6.48 Å². The van der Waals surface area contributed by atoms with Crippen LogP contribution in [0.15, 0.2) is 30.3 Å². The van der Waals surface area contributed by atoms with Crippen LogP contribution in [0.3, 0.4) is 0 Å². The number of rotatable bonds is 3. The fraction of sp³-hybridized carbons (Fsp3) is 0.647. The molecule has 0 spiro atoms.